The van der Waals surface area contributed by atoms with E-state index in [9.17, 15) is 14.7 Å². The molecule has 5 unspecified atom stereocenters. The second-order valence-electron chi connectivity index (χ2n) is 15.3. The minimum absolute atomic E-state index is 0.0110. The minimum Gasteiger partial charge on any atom is -0.481 e. The zero-order chi connectivity index (χ0) is 33.9. The molecule has 2 saturated heterocycles. The Labute approximate surface area is 284 Å². The largest absolute Gasteiger partial charge is 0.481 e. The molecule has 5 atom stereocenters. The molecule has 1 saturated carbocycles. The number of nitrogens with one attached hydrogen (secondary N) is 1. The zero-order valence-corrected chi connectivity index (χ0v) is 28.5. The Morgan fingerprint density at radius 3 is 2.38 bits per heavy atom. The summed E-state index contributed by atoms with van der Waals surface area (Å²) in [5.74, 6) is -1.05. The van der Waals surface area contributed by atoms with E-state index in [-0.39, 0.29) is 37.6 Å². The molecular formula is C40H50N2O6. The fourth-order valence-corrected chi connectivity index (χ4v) is 8.54. The van der Waals surface area contributed by atoms with Crippen LogP contribution in [0.4, 0.5) is 0 Å². The van der Waals surface area contributed by atoms with E-state index in [1.165, 1.54) is 19.3 Å². The van der Waals surface area contributed by atoms with E-state index >= 15 is 0 Å². The summed E-state index contributed by atoms with van der Waals surface area (Å²) < 4.78 is 13.4. The first kappa shape index (κ1) is 34.3. The number of carboxylic acid groups (broad SMARTS) is 1. The zero-order valence-electron chi connectivity index (χ0n) is 28.5. The number of carbonyl (C=O) groups is 2. The van der Waals surface area contributed by atoms with Gasteiger partial charge >= 0.3 is 5.97 Å². The lowest BCUT2D eigenvalue weighted by molar-refractivity contribution is -0.253. The number of aliphatic carboxylic acids is 1. The Kier molecular flexibility index (Phi) is 10.4. The number of nitrogens with zero attached hydrogens (tertiary/aromatic N) is 1. The number of aliphatic hydroxyl groups excluding tert-OH is 1. The molecule has 2 heterocycles. The first-order valence-electron chi connectivity index (χ1n) is 17.4. The van der Waals surface area contributed by atoms with Gasteiger partial charge in [-0.05, 0) is 64.3 Å². The third-order valence-electron chi connectivity index (χ3n) is 10.4. The van der Waals surface area contributed by atoms with Gasteiger partial charge in [0.15, 0.2) is 6.29 Å². The Balaban J connectivity index is 1.18. The quantitative estimate of drug-likeness (QED) is 0.190. The highest BCUT2D eigenvalue weighted by Crippen LogP contribution is 2.53. The average Bonchev–Trinajstić information content (AvgIpc) is 3.30. The van der Waals surface area contributed by atoms with E-state index in [0.717, 1.165) is 52.9 Å². The van der Waals surface area contributed by atoms with Crippen LogP contribution in [0.3, 0.4) is 0 Å². The summed E-state index contributed by atoms with van der Waals surface area (Å²) in [6.45, 7) is 9.66. The summed E-state index contributed by atoms with van der Waals surface area (Å²) in [5.41, 5.74) is 6.68. The fourth-order valence-electron chi connectivity index (χ4n) is 8.54. The van der Waals surface area contributed by atoms with Gasteiger partial charge in [-0.2, -0.15) is 0 Å². The summed E-state index contributed by atoms with van der Waals surface area (Å²) >= 11 is 0. The number of rotatable bonds is 12. The number of benzene rings is 3. The molecule has 1 amide bonds. The number of aliphatic hydroxyl groups is 1. The van der Waals surface area contributed by atoms with Crippen molar-refractivity contribution in [1.82, 2.24) is 10.2 Å². The van der Waals surface area contributed by atoms with Gasteiger partial charge in [-0.1, -0.05) is 93.6 Å². The molecule has 8 nitrogen and oxygen atoms in total. The van der Waals surface area contributed by atoms with Crippen molar-refractivity contribution in [3.05, 3.63) is 95.1 Å². The van der Waals surface area contributed by atoms with Crippen LogP contribution >= 0.6 is 0 Å². The average molecular weight is 655 g/mol. The number of carboxylic acids is 1. The van der Waals surface area contributed by atoms with Crippen LogP contribution in [0.5, 0.6) is 0 Å². The van der Waals surface area contributed by atoms with Crippen molar-refractivity contribution in [2.45, 2.75) is 103 Å². The van der Waals surface area contributed by atoms with E-state index < -0.39 is 12.3 Å². The van der Waals surface area contributed by atoms with Crippen LogP contribution in [0.2, 0.25) is 0 Å². The highest BCUT2D eigenvalue weighted by Gasteiger charge is 2.50. The number of hydrogen-bond donors (Lipinski definition) is 3. The summed E-state index contributed by atoms with van der Waals surface area (Å²) in [4.78, 5) is 25.8. The van der Waals surface area contributed by atoms with Crippen LogP contribution in [0.15, 0.2) is 72.8 Å². The normalized spacial score (nSPS) is 26.7. The van der Waals surface area contributed by atoms with Gasteiger partial charge in [0.05, 0.1) is 18.8 Å². The molecule has 1 aliphatic carbocycles. The molecule has 3 aromatic carbocycles. The molecule has 3 N–H and O–H groups in total. The molecule has 3 aromatic rings. The minimum atomic E-state index is -0.893. The third kappa shape index (κ3) is 8.35. The van der Waals surface area contributed by atoms with Crippen molar-refractivity contribution in [2.24, 2.45) is 10.8 Å². The van der Waals surface area contributed by atoms with Gasteiger partial charge in [-0.3, -0.25) is 14.5 Å². The molecular weight excluding hydrogens is 604 g/mol. The smallest absolute Gasteiger partial charge is 0.303 e. The van der Waals surface area contributed by atoms with Crippen molar-refractivity contribution in [3.63, 3.8) is 0 Å². The molecule has 3 fully saturated rings. The van der Waals surface area contributed by atoms with Gasteiger partial charge in [-0.25, -0.2) is 0 Å². The van der Waals surface area contributed by atoms with Gasteiger partial charge < -0.3 is 25.0 Å². The van der Waals surface area contributed by atoms with Crippen LogP contribution in [0, 0.1) is 10.8 Å². The third-order valence-corrected chi connectivity index (χ3v) is 10.4. The molecule has 0 spiro atoms. The van der Waals surface area contributed by atoms with Crippen LogP contribution in [-0.4, -0.2) is 52.2 Å². The molecule has 0 radical (unpaired) electrons. The van der Waals surface area contributed by atoms with Crippen molar-refractivity contribution in [3.8, 4) is 11.1 Å². The summed E-state index contributed by atoms with van der Waals surface area (Å²) in [6, 6.07) is 24.9. The van der Waals surface area contributed by atoms with Crippen molar-refractivity contribution in [2.75, 3.05) is 13.1 Å². The monoisotopic (exact) mass is 654 g/mol. The molecule has 6 rings (SSSR count). The van der Waals surface area contributed by atoms with Gasteiger partial charge in [0.25, 0.3) is 0 Å². The number of fused-ring (bicyclic) bond motifs is 2. The van der Waals surface area contributed by atoms with E-state index in [4.69, 9.17) is 14.6 Å². The highest BCUT2D eigenvalue weighted by atomic mass is 16.7. The fraction of sp³-hybridized carbons (Fsp3) is 0.500. The van der Waals surface area contributed by atoms with E-state index in [0.29, 0.717) is 29.8 Å². The van der Waals surface area contributed by atoms with Crippen molar-refractivity contribution < 1.29 is 29.3 Å². The number of likely N-dealkylation sites (tertiary alicyclic amines) is 1. The number of ether oxygens (including phenoxy) is 2. The van der Waals surface area contributed by atoms with Crippen LogP contribution in [0.1, 0.15) is 100 Å². The SMILES string of the molecule is CC1(C)CC2CC(C)(CN2CC2CC(c3ccc(CO)cc3)OC(c3ccc(-c4ccccc4CNC(=O)CCCC(=O)O)cc3)O2)C1. The molecule has 256 valence electrons. The standard InChI is InChI=1S/C40H50N2O6/c1-39(2)20-32-21-40(3,25-39)26-42(32)23-33-19-35(29-13-11-27(24-43)12-14-29)48-38(47-33)30-17-15-28(16-18-30)34-8-5-4-7-31(34)22-41-36(44)9-6-10-37(45)46/h4-5,7-8,11-18,32-33,35,38,43H,6,9-10,19-26H2,1-3H3,(H,41,44)(H,45,46). The van der Waals surface area contributed by atoms with Crippen molar-refractivity contribution in [1.29, 1.82) is 0 Å². The molecule has 3 aliphatic rings. The van der Waals surface area contributed by atoms with Gasteiger partial charge in [0.1, 0.15) is 0 Å². The molecule has 2 bridgehead atoms. The maximum atomic E-state index is 12.3. The van der Waals surface area contributed by atoms with Crippen LogP contribution in [0.25, 0.3) is 11.1 Å². The van der Waals surface area contributed by atoms with Gasteiger partial charge in [0, 0.05) is 50.5 Å². The molecule has 8 heteroatoms. The first-order chi connectivity index (χ1) is 23.0. The second kappa shape index (κ2) is 14.5. The maximum absolute atomic E-state index is 12.3. The van der Waals surface area contributed by atoms with E-state index in [1.54, 1.807) is 0 Å². The highest BCUT2D eigenvalue weighted by molar-refractivity contribution is 5.77. The molecule has 2 aliphatic heterocycles. The lowest BCUT2D eigenvalue weighted by Crippen LogP contribution is -2.42. The van der Waals surface area contributed by atoms with Crippen molar-refractivity contribution >= 4 is 11.9 Å². The number of carbonyl (C=O) groups excluding carboxylic acids is 1. The summed E-state index contributed by atoms with van der Waals surface area (Å²) in [6.07, 6.45) is 4.37. The summed E-state index contributed by atoms with van der Waals surface area (Å²) in [7, 11) is 0. The first-order valence-corrected chi connectivity index (χ1v) is 17.4. The van der Waals surface area contributed by atoms with Crippen LogP contribution < -0.4 is 5.32 Å². The lowest BCUT2D eigenvalue weighted by Gasteiger charge is -2.41. The molecule has 48 heavy (non-hydrogen) atoms. The molecule has 0 aromatic heterocycles. The second-order valence-corrected chi connectivity index (χ2v) is 15.3. The van der Waals surface area contributed by atoms with E-state index in [2.05, 4.69) is 67.4 Å². The Morgan fingerprint density at radius 2 is 1.65 bits per heavy atom. The predicted octanol–water partition coefficient (Wildman–Crippen LogP) is 7.16. The van der Waals surface area contributed by atoms with Gasteiger partial charge in [0.2, 0.25) is 5.91 Å². The summed E-state index contributed by atoms with van der Waals surface area (Å²) in [5, 5.41) is 21.4. The number of hydrogen-bond acceptors (Lipinski definition) is 6. The Bertz CT molecular complexity index is 1570. The lowest BCUT2D eigenvalue weighted by atomic mass is 9.65. The Morgan fingerprint density at radius 1 is 0.917 bits per heavy atom. The van der Waals surface area contributed by atoms with Crippen LogP contribution in [-0.2, 0) is 32.2 Å². The predicted molar refractivity (Wildman–Crippen MR) is 185 cm³/mol. The Hall–Kier alpha value is -3.56. The maximum Gasteiger partial charge on any atom is 0.303 e. The number of amides is 1. The van der Waals surface area contributed by atoms with Gasteiger partial charge in [-0.15, -0.1) is 0 Å². The topological polar surface area (TPSA) is 108 Å². The van der Waals surface area contributed by atoms with E-state index in [1.807, 2.05) is 36.4 Å².